The predicted octanol–water partition coefficient (Wildman–Crippen LogP) is 2.91. The summed E-state index contributed by atoms with van der Waals surface area (Å²) in [5.41, 5.74) is 4.11. The third-order valence-electron chi connectivity index (χ3n) is 2.41. The van der Waals surface area contributed by atoms with Gasteiger partial charge in [0.05, 0.1) is 6.10 Å². The van der Waals surface area contributed by atoms with Crippen molar-refractivity contribution in [2.45, 2.75) is 26.9 Å². The van der Waals surface area contributed by atoms with Crippen LogP contribution in [-0.2, 0) is 0 Å². The number of aliphatic hydroxyl groups is 1. The first-order valence-electron chi connectivity index (χ1n) is 4.43. The van der Waals surface area contributed by atoms with Crippen LogP contribution in [0.25, 0.3) is 0 Å². The van der Waals surface area contributed by atoms with Gasteiger partial charge in [-0.3, -0.25) is 0 Å². The Bertz CT molecular complexity index is 326. The van der Waals surface area contributed by atoms with Crippen LogP contribution in [0.3, 0.4) is 0 Å². The minimum absolute atomic E-state index is 0.528. The smallest absolute Gasteiger partial charge is 0.0998 e. The highest BCUT2D eigenvalue weighted by molar-refractivity contribution is 5.37. The average Bonchev–Trinajstić information content (AvgIpc) is 2.08. The first-order chi connectivity index (χ1) is 6.04. The van der Waals surface area contributed by atoms with Crippen LogP contribution in [0.15, 0.2) is 30.4 Å². The van der Waals surface area contributed by atoms with Crippen LogP contribution in [0, 0.1) is 13.8 Å². The van der Waals surface area contributed by atoms with Gasteiger partial charge in [0.15, 0.2) is 0 Å². The highest BCUT2D eigenvalue weighted by atomic mass is 16.3. The largest absolute Gasteiger partial charge is 0.384 e. The van der Waals surface area contributed by atoms with E-state index in [1.807, 2.05) is 39.0 Å². The quantitative estimate of drug-likeness (QED) is 0.687. The predicted molar refractivity (Wildman–Crippen MR) is 55.7 cm³/mol. The first-order valence-corrected chi connectivity index (χ1v) is 4.43. The maximum atomic E-state index is 9.80. The van der Waals surface area contributed by atoms with Crippen molar-refractivity contribution in [2.75, 3.05) is 0 Å². The van der Waals surface area contributed by atoms with Crippen molar-refractivity contribution in [3.05, 3.63) is 47.0 Å². The molecule has 1 heteroatoms. The monoisotopic (exact) mass is 176 g/mol. The van der Waals surface area contributed by atoms with Gasteiger partial charge in [-0.2, -0.15) is 0 Å². The normalized spacial score (nSPS) is 12.6. The van der Waals surface area contributed by atoms with Crippen LogP contribution in [0.2, 0.25) is 0 Å². The summed E-state index contributed by atoms with van der Waals surface area (Å²) in [6.45, 7) is 9.66. The van der Waals surface area contributed by atoms with Crippen LogP contribution < -0.4 is 0 Å². The third kappa shape index (κ3) is 1.99. The molecule has 0 aliphatic carbocycles. The van der Waals surface area contributed by atoms with Crippen molar-refractivity contribution in [1.29, 1.82) is 0 Å². The number of hydrogen-bond donors (Lipinski definition) is 1. The van der Waals surface area contributed by atoms with Gasteiger partial charge >= 0.3 is 0 Å². The number of rotatable bonds is 2. The molecule has 13 heavy (non-hydrogen) atoms. The molecule has 0 bridgehead atoms. The highest BCUT2D eigenvalue weighted by Gasteiger charge is 2.10. The van der Waals surface area contributed by atoms with Gasteiger partial charge < -0.3 is 5.11 Å². The summed E-state index contributed by atoms with van der Waals surface area (Å²) in [5, 5.41) is 9.80. The lowest BCUT2D eigenvalue weighted by atomic mass is 9.96. The van der Waals surface area contributed by atoms with E-state index in [9.17, 15) is 5.11 Å². The fourth-order valence-electron chi connectivity index (χ4n) is 1.34. The summed E-state index contributed by atoms with van der Waals surface area (Å²) >= 11 is 0. The fraction of sp³-hybridized carbons (Fsp3) is 0.333. The number of aryl methyl sites for hydroxylation is 1. The van der Waals surface area contributed by atoms with E-state index >= 15 is 0 Å². The zero-order valence-electron chi connectivity index (χ0n) is 8.46. The molecule has 0 aliphatic heterocycles. The Morgan fingerprint density at radius 3 is 2.54 bits per heavy atom. The van der Waals surface area contributed by atoms with Gasteiger partial charge in [-0.25, -0.2) is 0 Å². The van der Waals surface area contributed by atoms with Gasteiger partial charge in [0.2, 0.25) is 0 Å². The van der Waals surface area contributed by atoms with Gasteiger partial charge in [-0.05, 0) is 43.0 Å². The third-order valence-corrected chi connectivity index (χ3v) is 2.41. The lowest BCUT2D eigenvalue weighted by Crippen LogP contribution is -2.01. The summed E-state index contributed by atoms with van der Waals surface area (Å²) in [6, 6.07) is 5.95. The zero-order valence-corrected chi connectivity index (χ0v) is 8.46. The first kappa shape index (κ1) is 10.0. The minimum atomic E-state index is -0.528. The molecule has 1 unspecified atom stereocenters. The average molecular weight is 176 g/mol. The van der Waals surface area contributed by atoms with Gasteiger partial charge in [-0.15, -0.1) is 0 Å². The summed E-state index contributed by atoms with van der Waals surface area (Å²) in [7, 11) is 0. The van der Waals surface area contributed by atoms with Gasteiger partial charge in [0.25, 0.3) is 0 Å². The highest BCUT2D eigenvalue weighted by Crippen LogP contribution is 2.24. The van der Waals surface area contributed by atoms with Crippen LogP contribution in [-0.4, -0.2) is 5.11 Å². The molecule has 0 saturated heterocycles. The van der Waals surface area contributed by atoms with Crippen molar-refractivity contribution in [3.63, 3.8) is 0 Å². The Balaban J connectivity index is 3.15. The Morgan fingerprint density at radius 1 is 1.38 bits per heavy atom. The molecule has 0 aromatic heterocycles. The molecule has 1 N–H and O–H groups in total. The van der Waals surface area contributed by atoms with E-state index in [0.29, 0.717) is 0 Å². The van der Waals surface area contributed by atoms with E-state index in [-0.39, 0.29) is 0 Å². The van der Waals surface area contributed by atoms with E-state index in [1.165, 1.54) is 5.56 Å². The molecule has 0 fully saturated rings. The standard InChI is InChI=1S/C12H16O/c1-8(2)12(13)11-7-5-6-9(3)10(11)4/h5-7,12-13H,1H2,2-4H3. The molecule has 1 rings (SSSR count). The van der Waals surface area contributed by atoms with E-state index in [2.05, 4.69) is 6.58 Å². The van der Waals surface area contributed by atoms with E-state index < -0.39 is 6.10 Å². The Labute approximate surface area is 79.7 Å². The SMILES string of the molecule is C=C(C)C(O)c1cccc(C)c1C. The van der Waals surface area contributed by atoms with Crippen LogP contribution in [0.5, 0.6) is 0 Å². The molecule has 0 heterocycles. The van der Waals surface area contributed by atoms with Crippen molar-refractivity contribution in [2.24, 2.45) is 0 Å². The summed E-state index contributed by atoms with van der Waals surface area (Å²) in [5.74, 6) is 0. The second-order valence-corrected chi connectivity index (χ2v) is 3.54. The van der Waals surface area contributed by atoms with Gasteiger partial charge in [-0.1, -0.05) is 24.8 Å². The summed E-state index contributed by atoms with van der Waals surface area (Å²) in [4.78, 5) is 0. The molecule has 1 atom stereocenters. The molecule has 0 amide bonds. The minimum Gasteiger partial charge on any atom is -0.384 e. The molecule has 1 aromatic carbocycles. The van der Waals surface area contributed by atoms with Gasteiger partial charge in [0.1, 0.15) is 0 Å². The molecule has 70 valence electrons. The molecule has 1 aromatic rings. The molecular formula is C12H16O. The van der Waals surface area contributed by atoms with Crippen LogP contribution in [0.1, 0.15) is 29.7 Å². The lowest BCUT2D eigenvalue weighted by molar-refractivity contribution is 0.215. The summed E-state index contributed by atoms with van der Waals surface area (Å²) in [6.07, 6.45) is -0.528. The molecule has 0 radical (unpaired) electrons. The van der Waals surface area contributed by atoms with Crippen LogP contribution >= 0.6 is 0 Å². The molecule has 0 spiro atoms. The van der Waals surface area contributed by atoms with E-state index in [4.69, 9.17) is 0 Å². The molecule has 1 nitrogen and oxygen atoms in total. The summed E-state index contributed by atoms with van der Waals surface area (Å²) < 4.78 is 0. The van der Waals surface area contributed by atoms with Crippen LogP contribution in [0.4, 0.5) is 0 Å². The lowest BCUT2D eigenvalue weighted by Gasteiger charge is -2.14. The van der Waals surface area contributed by atoms with Crippen molar-refractivity contribution in [1.82, 2.24) is 0 Å². The Kier molecular flexibility index (Phi) is 2.89. The Hall–Kier alpha value is -1.08. The molecule has 0 aliphatic rings. The second kappa shape index (κ2) is 3.75. The van der Waals surface area contributed by atoms with Crippen molar-refractivity contribution in [3.8, 4) is 0 Å². The number of hydrogen-bond acceptors (Lipinski definition) is 1. The van der Waals surface area contributed by atoms with Crippen molar-refractivity contribution >= 4 is 0 Å². The van der Waals surface area contributed by atoms with Gasteiger partial charge in [0, 0.05) is 0 Å². The van der Waals surface area contributed by atoms with Crippen molar-refractivity contribution < 1.29 is 5.11 Å². The van der Waals surface area contributed by atoms with E-state index in [1.54, 1.807) is 0 Å². The van der Waals surface area contributed by atoms with E-state index in [0.717, 1.165) is 16.7 Å². The second-order valence-electron chi connectivity index (χ2n) is 3.54. The molecule has 0 saturated carbocycles. The zero-order chi connectivity index (χ0) is 10.0. The number of aliphatic hydroxyl groups excluding tert-OH is 1. The Morgan fingerprint density at radius 2 is 2.00 bits per heavy atom. The molecular weight excluding hydrogens is 160 g/mol. The topological polar surface area (TPSA) is 20.2 Å². The maximum Gasteiger partial charge on any atom is 0.0998 e. The number of benzene rings is 1. The maximum absolute atomic E-state index is 9.80. The fourth-order valence-corrected chi connectivity index (χ4v) is 1.34.